The molecule has 0 unspecified atom stereocenters. The van der Waals surface area contributed by atoms with Crippen LogP contribution in [0.2, 0.25) is 0 Å². The second-order valence-corrected chi connectivity index (χ2v) is 6.04. The monoisotopic (exact) mass is 303 g/mol. The van der Waals surface area contributed by atoms with Crippen LogP contribution in [0.3, 0.4) is 0 Å². The van der Waals surface area contributed by atoms with E-state index in [4.69, 9.17) is 5.11 Å². The zero-order valence-corrected chi connectivity index (χ0v) is 11.6. The summed E-state index contributed by atoms with van der Waals surface area (Å²) in [4.78, 5) is 24.9. The van der Waals surface area contributed by atoms with Gasteiger partial charge in [0, 0.05) is 29.3 Å². The van der Waals surface area contributed by atoms with Crippen molar-refractivity contribution >= 4 is 23.2 Å². The second kappa shape index (κ2) is 5.87. The number of hydrogen-bond donors (Lipinski definition) is 1. The van der Waals surface area contributed by atoms with Gasteiger partial charge in [-0.2, -0.15) is 8.78 Å². The second-order valence-electron chi connectivity index (χ2n) is 4.79. The van der Waals surface area contributed by atoms with Gasteiger partial charge in [0.15, 0.2) is 0 Å². The normalized spacial score (nSPS) is 17.7. The number of nitrogens with zero attached hydrogens (tertiary/aromatic N) is 1. The summed E-state index contributed by atoms with van der Waals surface area (Å²) in [6.45, 7) is 0.432. The maximum absolute atomic E-state index is 13.0. The molecule has 2 heterocycles. The molecular formula is C13H15F2NO3S. The van der Waals surface area contributed by atoms with Crippen molar-refractivity contribution in [2.24, 2.45) is 0 Å². The number of carbonyl (C=O) groups is 2. The molecule has 1 aliphatic rings. The maximum atomic E-state index is 13.0. The van der Waals surface area contributed by atoms with Crippen LogP contribution >= 0.6 is 11.3 Å². The predicted octanol–water partition coefficient (Wildman–Crippen LogP) is 2.18. The molecule has 1 aromatic rings. The van der Waals surface area contributed by atoms with Gasteiger partial charge in [-0.05, 0) is 25.0 Å². The largest absolute Gasteiger partial charge is 0.481 e. The molecule has 1 aliphatic heterocycles. The lowest BCUT2D eigenvalue weighted by molar-refractivity contribution is -0.147. The highest BCUT2D eigenvalue weighted by Crippen LogP contribution is 2.28. The number of carbonyl (C=O) groups excluding carboxylic acids is 1. The fraction of sp³-hybridized carbons (Fsp3) is 0.538. The summed E-state index contributed by atoms with van der Waals surface area (Å²) < 4.78 is 26.0. The van der Waals surface area contributed by atoms with E-state index in [1.54, 1.807) is 6.07 Å². The molecule has 0 aromatic carbocycles. The quantitative estimate of drug-likeness (QED) is 0.876. The Labute approximate surface area is 119 Å². The van der Waals surface area contributed by atoms with Crippen molar-refractivity contribution in [1.82, 2.24) is 4.90 Å². The molecule has 110 valence electrons. The van der Waals surface area contributed by atoms with Gasteiger partial charge in [-0.1, -0.05) is 0 Å². The van der Waals surface area contributed by atoms with E-state index in [1.807, 2.05) is 6.07 Å². The number of aryl methyl sites for hydroxylation is 1. The molecule has 0 aliphatic carbocycles. The van der Waals surface area contributed by atoms with Gasteiger partial charge < -0.3 is 10.0 Å². The van der Waals surface area contributed by atoms with Crippen molar-refractivity contribution in [3.8, 4) is 0 Å². The molecule has 7 heteroatoms. The molecule has 1 amide bonds. The van der Waals surface area contributed by atoms with Crippen molar-refractivity contribution in [1.29, 1.82) is 0 Å². The van der Waals surface area contributed by atoms with E-state index in [9.17, 15) is 18.4 Å². The summed E-state index contributed by atoms with van der Waals surface area (Å²) in [6, 6.07) is 3.62. The number of thiophene rings is 1. The van der Waals surface area contributed by atoms with Crippen molar-refractivity contribution in [3.05, 3.63) is 21.9 Å². The first kappa shape index (κ1) is 14.9. The fourth-order valence-corrected chi connectivity index (χ4v) is 3.22. The molecule has 0 atom stereocenters. The van der Waals surface area contributed by atoms with E-state index in [1.165, 1.54) is 16.2 Å². The van der Waals surface area contributed by atoms with Crippen LogP contribution in [0, 0.1) is 0 Å². The number of halogens is 2. The van der Waals surface area contributed by atoms with Crippen molar-refractivity contribution < 1.29 is 23.5 Å². The lowest BCUT2D eigenvalue weighted by Gasteiger charge is -2.15. The zero-order valence-electron chi connectivity index (χ0n) is 10.8. The number of alkyl halides is 2. The van der Waals surface area contributed by atoms with Gasteiger partial charge in [0.05, 0.1) is 6.42 Å². The first-order chi connectivity index (χ1) is 9.38. The molecule has 1 N–H and O–H groups in total. The van der Waals surface area contributed by atoms with Crippen LogP contribution in [-0.4, -0.2) is 40.9 Å². The third-order valence-electron chi connectivity index (χ3n) is 3.19. The van der Waals surface area contributed by atoms with Gasteiger partial charge in [0.1, 0.15) is 0 Å². The van der Waals surface area contributed by atoms with Gasteiger partial charge in [0.25, 0.3) is 5.91 Å². The highest BCUT2D eigenvalue weighted by atomic mass is 32.1. The number of carboxylic acids is 1. The minimum atomic E-state index is -3.20. The minimum Gasteiger partial charge on any atom is -0.481 e. The van der Waals surface area contributed by atoms with Crippen molar-refractivity contribution in [2.75, 3.05) is 13.1 Å². The van der Waals surface area contributed by atoms with Crippen molar-refractivity contribution in [3.63, 3.8) is 0 Å². The Hall–Kier alpha value is -1.50. The van der Waals surface area contributed by atoms with Gasteiger partial charge in [-0.25, -0.2) is 0 Å². The summed E-state index contributed by atoms with van der Waals surface area (Å²) in [5.41, 5.74) is 0. The van der Waals surface area contributed by atoms with Gasteiger partial charge in [-0.3, -0.25) is 9.59 Å². The first-order valence-corrected chi connectivity index (χ1v) is 7.17. The molecule has 0 spiro atoms. The van der Waals surface area contributed by atoms with Gasteiger partial charge >= 0.3 is 11.9 Å². The fourth-order valence-electron chi connectivity index (χ4n) is 2.17. The van der Waals surface area contributed by atoms with Crippen LogP contribution in [0.4, 0.5) is 8.78 Å². The van der Waals surface area contributed by atoms with Crippen LogP contribution < -0.4 is 0 Å². The summed E-state index contributed by atoms with van der Waals surface area (Å²) in [7, 11) is 0. The van der Waals surface area contributed by atoms with Crippen LogP contribution in [0.25, 0.3) is 0 Å². The molecule has 4 nitrogen and oxygen atoms in total. The number of aliphatic carboxylic acids is 1. The topological polar surface area (TPSA) is 57.6 Å². The molecule has 1 saturated heterocycles. The lowest BCUT2D eigenvalue weighted by atomic mass is 10.2. The van der Waals surface area contributed by atoms with E-state index in [-0.39, 0.29) is 13.0 Å². The Morgan fingerprint density at radius 3 is 2.70 bits per heavy atom. The van der Waals surface area contributed by atoms with Gasteiger partial charge in [0.2, 0.25) is 0 Å². The van der Waals surface area contributed by atoms with E-state index in [0.29, 0.717) is 19.4 Å². The number of hydrogen-bond acceptors (Lipinski definition) is 3. The van der Waals surface area contributed by atoms with Gasteiger partial charge in [-0.15, -0.1) is 11.3 Å². The highest BCUT2D eigenvalue weighted by Gasteiger charge is 2.47. The Morgan fingerprint density at radius 1 is 1.40 bits per heavy atom. The molecule has 1 fully saturated rings. The van der Waals surface area contributed by atoms with Crippen LogP contribution in [-0.2, 0) is 22.4 Å². The SMILES string of the molecule is O=C(O)Cc1ccc(CCCN2CCC(F)(F)C2=O)s1. The first-order valence-electron chi connectivity index (χ1n) is 6.35. The summed E-state index contributed by atoms with van der Waals surface area (Å²) in [5.74, 6) is -5.14. The number of amides is 1. The van der Waals surface area contributed by atoms with Crippen LogP contribution in [0.1, 0.15) is 22.6 Å². The number of carboxylic acid groups (broad SMARTS) is 1. The Morgan fingerprint density at radius 2 is 2.10 bits per heavy atom. The Bertz CT molecular complexity index is 515. The number of rotatable bonds is 6. The minimum absolute atomic E-state index is 0.00149. The van der Waals surface area contributed by atoms with Crippen LogP contribution in [0.5, 0.6) is 0 Å². The summed E-state index contributed by atoms with van der Waals surface area (Å²) in [5, 5.41) is 8.67. The average Bonchev–Trinajstić information content (AvgIpc) is 2.88. The maximum Gasteiger partial charge on any atom is 0.326 e. The molecule has 1 aromatic heterocycles. The highest BCUT2D eigenvalue weighted by molar-refractivity contribution is 7.12. The molecule has 20 heavy (non-hydrogen) atoms. The van der Waals surface area contributed by atoms with Crippen molar-refractivity contribution in [2.45, 2.75) is 31.6 Å². The Balaban J connectivity index is 1.78. The molecular weight excluding hydrogens is 288 g/mol. The third kappa shape index (κ3) is 3.53. The number of likely N-dealkylation sites (tertiary alicyclic amines) is 1. The van der Waals surface area contributed by atoms with E-state index < -0.39 is 24.2 Å². The lowest BCUT2D eigenvalue weighted by Crippen LogP contribution is -2.34. The Kier molecular flexibility index (Phi) is 4.37. The molecule has 2 rings (SSSR count). The molecule has 0 saturated carbocycles. The smallest absolute Gasteiger partial charge is 0.326 e. The van der Waals surface area contributed by atoms with E-state index in [2.05, 4.69) is 0 Å². The van der Waals surface area contributed by atoms with E-state index in [0.717, 1.165) is 9.75 Å². The van der Waals surface area contributed by atoms with E-state index >= 15 is 0 Å². The zero-order chi connectivity index (χ0) is 14.8. The predicted molar refractivity (Wildman–Crippen MR) is 70.1 cm³/mol. The standard InChI is InChI=1S/C13H15F2NO3S/c14-13(15)5-7-16(12(13)19)6-1-2-9-3-4-10(20-9)8-11(17)18/h3-4H,1-2,5-8H2,(H,17,18). The molecule has 0 bridgehead atoms. The third-order valence-corrected chi connectivity index (χ3v) is 4.33. The van der Waals surface area contributed by atoms with Crippen LogP contribution in [0.15, 0.2) is 12.1 Å². The molecule has 0 radical (unpaired) electrons. The average molecular weight is 303 g/mol. The summed E-state index contributed by atoms with van der Waals surface area (Å²) >= 11 is 1.41. The summed E-state index contributed by atoms with van der Waals surface area (Å²) in [6.07, 6.45) is 0.879.